The Kier molecular flexibility index (Phi) is 4.18. The summed E-state index contributed by atoms with van der Waals surface area (Å²) in [6, 6.07) is 3.06. The van der Waals surface area contributed by atoms with Crippen LogP contribution in [0.5, 0.6) is 0 Å². The maximum atomic E-state index is 12.0. The van der Waals surface area contributed by atoms with Gasteiger partial charge in [-0.2, -0.15) is 5.26 Å². The van der Waals surface area contributed by atoms with E-state index in [1.807, 2.05) is 0 Å². The second-order valence-corrected chi connectivity index (χ2v) is 3.62. The number of rotatable bonds is 4. The highest BCUT2D eigenvalue weighted by Crippen LogP contribution is 2.10. The maximum Gasteiger partial charge on any atom is 0.266 e. The number of aromatic amines is 1. The topological polar surface area (TPSA) is 82.9 Å². The van der Waals surface area contributed by atoms with Crippen molar-refractivity contribution in [2.24, 2.45) is 0 Å². The Labute approximate surface area is 99.0 Å². The maximum absolute atomic E-state index is 12.0. The van der Waals surface area contributed by atoms with Crippen LogP contribution in [-0.4, -0.2) is 23.5 Å². The molecule has 0 spiro atoms. The summed E-state index contributed by atoms with van der Waals surface area (Å²) in [4.78, 5) is 25.8. The molecule has 0 aliphatic carbocycles. The molecule has 5 heteroatoms. The quantitative estimate of drug-likeness (QED) is 0.792. The van der Waals surface area contributed by atoms with Crippen LogP contribution >= 0.6 is 0 Å². The van der Waals surface area contributed by atoms with Crippen molar-refractivity contribution in [2.45, 2.75) is 26.9 Å². The van der Waals surface area contributed by atoms with E-state index >= 15 is 0 Å². The molecule has 1 N–H and O–H groups in total. The molecule has 0 aromatic carbocycles. The first kappa shape index (κ1) is 13.1. The number of ketones is 1. The van der Waals surface area contributed by atoms with Crippen LogP contribution in [-0.2, 0) is 4.74 Å². The Morgan fingerprint density at radius 1 is 1.65 bits per heavy atom. The average Bonchev–Trinajstić information content (AvgIpc) is 2.29. The van der Waals surface area contributed by atoms with Crippen LogP contribution in [0, 0.1) is 18.3 Å². The molecule has 0 fully saturated rings. The van der Waals surface area contributed by atoms with Crippen molar-refractivity contribution >= 4 is 5.78 Å². The Morgan fingerprint density at radius 3 is 2.82 bits per heavy atom. The molecule has 1 heterocycles. The number of aromatic nitrogens is 1. The van der Waals surface area contributed by atoms with Crippen LogP contribution in [0.15, 0.2) is 10.9 Å². The van der Waals surface area contributed by atoms with Crippen LogP contribution in [0.3, 0.4) is 0 Å². The second kappa shape index (κ2) is 5.41. The lowest BCUT2D eigenvalue weighted by Gasteiger charge is -2.12. The number of hydrogen-bond donors (Lipinski definition) is 1. The molecule has 1 atom stereocenters. The fourth-order valence-electron chi connectivity index (χ4n) is 1.51. The van der Waals surface area contributed by atoms with Gasteiger partial charge in [0.15, 0.2) is 5.78 Å². The van der Waals surface area contributed by atoms with E-state index in [2.05, 4.69) is 4.98 Å². The van der Waals surface area contributed by atoms with E-state index < -0.39 is 11.7 Å². The van der Waals surface area contributed by atoms with Crippen molar-refractivity contribution in [1.82, 2.24) is 4.98 Å². The molecule has 0 saturated heterocycles. The van der Waals surface area contributed by atoms with E-state index in [9.17, 15) is 9.59 Å². The van der Waals surface area contributed by atoms with Gasteiger partial charge in [0.05, 0.1) is 0 Å². The molecule has 5 nitrogen and oxygen atoms in total. The van der Waals surface area contributed by atoms with Crippen molar-refractivity contribution < 1.29 is 9.53 Å². The Balaban J connectivity index is 3.19. The van der Waals surface area contributed by atoms with Gasteiger partial charge in [0.2, 0.25) is 0 Å². The highest BCUT2D eigenvalue weighted by atomic mass is 16.5. The van der Waals surface area contributed by atoms with Crippen LogP contribution in [0.1, 0.15) is 35.5 Å². The standard InChI is InChI=1S/C12H14N2O3/c1-4-17-8(3)11(15)10-5-9(6-13)12(16)14-7(10)2/h5,8H,4H2,1-3H3,(H,14,16). The lowest BCUT2D eigenvalue weighted by Crippen LogP contribution is -2.24. The summed E-state index contributed by atoms with van der Waals surface area (Å²) in [5.74, 6) is -0.239. The van der Waals surface area contributed by atoms with Crippen molar-refractivity contribution in [2.75, 3.05) is 6.61 Å². The van der Waals surface area contributed by atoms with E-state index in [4.69, 9.17) is 10.00 Å². The number of H-pyrrole nitrogens is 1. The van der Waals surface area contributed by atoms with Gasteiger partial charge in [-0.3, -0.25) is 9.59 Å². The molecule has 1 aromatic heterocycles. The largest absolute Gasteiger partial charge is 0.371 e. The lowest BCUT2D eigenvalue weighted by molar-refractivity contribution is 0.0519. The first-order valence-corrected chi connectivity index (χ1v) is 5.31. The molecule has 1 aromatic rings. The number of nitriles is 1. The van der Waals surface area contributed by atoms with Gasteiger partial charge in [0, 0.05) is 17.9 Å². The zero-order chi connectivity index (χ0) is 13.0. The number of carbonyl (C=O) groups is 1. The van der Waals surface area contributed by atoms with Gasteiger partial charge in [-0.25, -0.2) is 0 Å². The van der Waals surface area contributed by atoms with E-state index in [-0.39, 0.29) is 11.3 Å². The van der Waals surface area contributed by atoms with Gasteiger partial charge < -0.3 is 9.72 Å². The number of Topliss-reactive ketones (excluding diaryl/α,β-unsaturated/α-hetero) is 1. The van der Waals surface area contributed by atoms with Crippen molar-refractivity contribution in [3.8, 4) is 6.07 Å². The molecule has 0 radical (unpaired) electrons. The zero-order valence-corrected chi connectivity index (χ0v) is 10.0. The van der Waals surface area contributed by atoms with Crippen molar-refractivity contribution in [3.05, 3.63) is 33.2 Å². The monoisotopic (exact) mass is 234 g/mol. The highest BCUT2D eigenvalue weighted by molar-refractivity contribution is 6.00. The molecule has 17 heavy (non-hydrogen) atoms. The van der Waals surface area contributed by atoms with Gasteiger partial charge in [0.25, 0.3) is 5.56 Å². The molecule has 1 rings (SSSR count). The predicted molar refractivity (Wildman–Crippen MR) is 61.9 cm³/mol. The third kappa shape index (κ3) is 2.80. The van der Waals surface area contributed by atoms with Crippen LogP contribution < -0.4 is 5.56 Å². The summed E-state index contributed by atoms with van der Waals surface area (Å²) >= 11 is 0. The third-order valence-electron chi connectivity index (χ3n) is 2.41. The summed E-state index contributed by atoms with van der Waals surface area (Å²) < 4.78 is 5.19. The Bertz CT molecular complexity index is 526. The molecular weight excluding hydrogens is 220 g/mol. The van der Waals surface area contributed by atoms with E-state index in [0.717, 1.165) is 0 Å². The molecular formula is C12H14N2O3. The van der Waals surface area contributed by atoms with Gasteiger partial charge >= 0.3 is 0 Å². The van der Waals surface area contributed by atoms with Crippen LogP contribution in [0.4, 0.5) is 0 Å². The molecule has 0 aliphatic rings. The van der Waals surface area contributed by atoms with E-state index in [1.165, 1.54) is 6.07 Å². The fourth-order valence-corrected chi connectivity index (χ4v) is 1.51. The minimum Gasteiger partial charge on any atom is -0.371 e. The average molecular weight is 234 g/mol. The molecule has 90 valence electrons. The van der Waals surface area contributed by atoms with Gasteiger partial charge in [-0.1, -0.05) is 0 Å². The molecule has 0 aliphatic heterocycles. The van der Waals surface area contributed by atoms with Crippen LogP contribution in [0.25, 0.3) is 0 Å². The highest BCUT2D eigenvalue weighted by Gasteiger charge is 2.19. The first-order valence-electron chi connectivity index (χ1n) is 5.31. The minimum atomic E-state index is -0.587. The summed E-state index contributed by atoms with van der Waals surface area (Å²) in [5, 5.41) is 8.74. The smallest absolute Gasteiger partial charge is 0.266 e. The minimum absolute atomic E-state index is 0.0670. The third-order valence-corrected chi connectivity index (χ3v) is 2.41. The van der Waals surface area contributed by atoms with Crippen molar-refractivity contribution in [1.29, 1.82) is 5.26 Å². The number of nitrogens with one attached hydrogen (secondary N) is 1. The SMILES string of the molecule is CCOC(C)C(=O)c1cc(C#N)c(=O)[nH]c1C. The summed E-state index contributed by atoms with van der Waals surface area (Å²) in [6.45, 7) is 5.49. The van der Waals surface area contributed by atoms with Gasteiger partial charge in [-0.15, -0.1) is 0 Å². The second-order valence-electron chi connectivity index (χ2n) is 3.62. The van der Waals surface area contributed by atoms with Crippen molar-refractivity contribution in [3.63, 3.8) is 0 Å². The number of carbonyl (C=O) groups excluding carboxylic acids is 1. The zero-order valence-electron chi connectivity index (χ0n) is 10.0. The fraction of sp³-hybridized carbons (Fsp3) is 0.417. The van der Waals surface area contributed by atoms with Crippen LogP contribution in [0.2, 0.25) is 0 Å². The Morgan fingerprint density at radius 2 is 2.29 bits per heavy atom. The number of pyridine rings is 1. The van der Waals surface area contributed by atoms with E-state index in [1.54, 1.807) is 26.8 Å². The summed E-state index contributed by atoms with van der Waals surface area (Å²) in [6.07, 6.45) is -0.587. The number of nitrogens with zero attached hydrogens (tertiary/aromatic N) is 1. The Hall–Kier alpha value is -1.93. The number of ether oxygens (including phenoxy) is 1. The van der Waals surface area contributed by atoms with E-state index in [0.29, 0.717) is 17.9 Å². The molecule has 0 bridgehead atoms. The normalized spacial score (nSPS) is 11.9. The van der Waals surface area contributed by atoms with Gasteiger partial charge in [-0.05, 0) is 26.8 Å². The number of hydrogen-bond acceptors (Lipinski definition) is 4. The lowest BCUT2D eigenvalue weighted by atomic mass is 10.0. The molecule has 1 unspecified atom stereocenters. The molecule has 0 amide bonds. The predicted octanol–water partition coefficient (Wildman–Crippen LogP) is 1.16. The molecule has 0 saturated carbocycles. The summed E-state index contributed by atoms with van der Waals surface area (Å²) in [5.41, 5.74) is 0.223. The number of aryl methyl sites for hydroxylation is 1. The first-order chi connectivity index (χ1) is 8.01. The summed E-state index contributed by atoms with van der Waals surface area (Å²) in [7, 11) is 0. The van der Waals surface area contributed by atoms with Gasteiger partial charge in [0.1, 0.15) is 17.7 Å².